The van der Waals surface area contributed by atoms with E-state index in [-0.39, 0.29) is 43.0 Å². The maximum atomic E-state index is 13.6. The zero-order valence-corrected chi connectivity index (χ0v) is 45.8. The van der Waals surface area contributed by atoms with Crippen molar-refractivity contribution in [3.63, 3.8) is 0 Å². The van der Waals surface area contributed by atoms with Crippen LogP contribution in [0.5, 0.6) is 28.7 Å². The van der Waals surface area contributed by atoms with Crippen LogP contribution in [0.2, 0.25) is 0 Å². The number of phenols is 4. The number of carbonyl (C=O) groups excluding carboxylic acids is 1. The Hall–Kier alpha value is -4.61. The van der Waals surface area contributed by atoms with E-state index in [0.717, 1.165) is 68.2 Å². The number of hydrogen-bond acceptors (Lipinski definition) is 10. The van der Waals surface area contributed by atoms with Gasteiger partial charge in [0.15, 0.2) is 5.78 Å². The molecule has 7 nitrogen and oxygen atoms in total. The Kier molecular flexibility index (Phi) is 16.4. The molecule has 0 saturated carbocycles. The predicted molar refractivity (Wildman–Crippen MR) is 293 cm³/mol. The molecule has 0 spiro atoms. The molecule has 7 rings (SSSR count). The summed E-state index contributed by atoms with van der Waals surface area (Å²) < 4.78 is 6.59. The van der Waals surface area contributed by atoms with Gasteiger partial charge in [0, 0.05) is 64.7 Å². The highest BCUT2D eigenvalue weighted by atomic mass is 32.2. The minimum absolute atomic E-state index is 0.0834. The molecule has 1 aliphatic rings. The number of nitrogens with zero attached hydrogens (tertiary/aromatic N) is 1. The lowest BCUT2D eigenvalue weighted by molar-refractivity contribution is 0.104. The Morgan fingerprint density at radius 2 is 1.03 bits per heavy atom. The first-order valence-corrected chi connectivity index (χ1v) is 26.7. The summed E-state index contributed by atoms with van der Waals surface area (Å²) in [5, 5.41) is 42.7. The summed E-state index contributed by atoms with van der Waals surface area (Å²) in [6.07, 6.45) is 3.85. The van der Waals surface area contributed by atoms with E-state index in [2.05, 4.69) is 126 Å². The van der Waals surface area contributed by atoms with Gasteiger partial charge < -0.3 is 25.2 Å². The molecule has 0 amide bonds. The lowest BCUT2D eigenvalue weighted by Gasteiger charge is -2.31. The average molecular weight is 990 g/mol. The molecule has 0 radical (unpaired) electrons. The van der Waals surface area contributed by atoms with E-state index in [1.165, 1.54) is 40.4 Å². The monoisotopic (exact) mass is 989 g/mol. The van der Waals surface area contributed by atoms with Crippen molar-refractivity contribution in [3.8, 4) is 39.2 Å². The number of aromatic hydroxyl groups is 4. The van der Waals surface area contributed by atoms with Gasteiger partial charge in [0.25, 0.3) is 0 Å². The second kappa shape index (κ2) is 21.0. The summed E-state index contributed by atoms with van der Waals surface area (Å²) in [7, 11) is 0. The van der Waals surface area contributed by atoms with Crippen LogP contribution in [0.25, 0.3) is 20.5 Å². The normalized spacial score (nSPS) is 14.1. The Balaban J connectivity index is 0.000000227. The molecule has 0 atom stereocenters. The Labute approximate surface area is 424 Å². The van der Waals surface area contributed by atoms with Crippen LogP contribution in [0.15, 0.2) is 101 Å². The van der Waals surface area contributed by atoms with Crippen molar-refractivity contribution in [2.75, 3.05) is 26.2 Å². The predicted octanol–water partition coefficient (Wildman–Crippen LogP) is 16.0. The fraction of sp³-hybridized carbons (Fsp3) is 0.441. The molecule has 1 aromatic heterocycles. The van der Waals surface area contributed by atoms with Gasteiger partial charge in [-0.25, -0.2) is 0 Å². The summed E-state index contributed by atoms with van der Waals surface area (Å²) in [6, 6.07) is 27.9. The van der Waals surface area contributed by atoms with Crippen LogP contribution in [0.4, 0.5) is 0 Å². The molecule has 10 heteroatoms. The van der Waals surface area contributed by atoms with Crippen molar-refractivity contribution in [1.82, 2.24) is 4.90 Å². The lowest BCUT2D eigenvalue weighted by atomic mass is 9.79. The van der Waals surface area contributed by atoms with Gasteiger partial charge in [-0.15, -0.1) is 34.9 Å². The second-order valence-corrected chi connectivity index (χ2v) is 27.7. The first-order valence-electron chi connectivity index (χ1n) is 24.2. The van der Waals surface area contributed by atoms with E-state index in [4.69, 9.17) is 4.74 Å². The highest BCUT2D eigenvalue weighted by molar-refractivity contribution is 8.18. The van der Waals surface area contributed by atoms with Crippen LogP contribution >= 0.6 is 34.9 Å². The molecule has 5 aromatic carbocycles. The largest absolute Gasteiger partial charge is 0.508 e. The van der Waals surface area contributed by atoms with Crippen molar-refractivity contribution in [1.29, 1.82) is 0 Å². The van der Waals surface area contributed by atoms with E-state index in [9.17, 15) is 25.2 Å². The molecule has 1 saturated heterocycles. The van der Waals surface area contributed by atoms with E-state index in [1.54, 1.807) is 42.5 Å². The fourth-order valence-corrected chi connectivity index (χ4v) is 12.5. The van der Waals surface area contributed by atoms with E-state index in [1.807, 2.05) is 47.8 Å². The number of thioether (sulfide) groups is 2. The molecule has 69 heavy (non-hydrogen) atoms. The number of hydrogen-bond donors (Lipinski definition) is 4. The van der Waals surface area contributed by atoms with Crippen LogP contribution in [0, 0.1) is 0 Å². The first kappa shape index (κ1) is 53.7. The molecule has 1 fully saturated rings. The van der Waals surface area contributed by atoms with Crippen LogP contribution in [-0.2, 0) is 21.7 Å². The van der Waals surface area contributed by atoms with E-state index >= 15 is 0 Å². The number of piperidine rings is 1. The van der Waals surface area contributed by atoms with E-state index in [0.29, 0.717) is 29.2 Å². The van der Waals surface area contributed by atoms with Crippen molar-refractivity contribution in [2.45, 2.75) is 152 Å². The molecule has 1 aliphatic heterocycles. The summed E-state index contributed by atoms with van der Waals surface area (Å²) >= 11 is 5.12. The molecule has 6 aromatic rings. The number of fused-ring (bicyclic) bond motifs is 1. The first-order chi connectivity index (χ1) is 32.0. The maximum absolute atomic E-state index is 13.6. The van der Waals surface area contributed by atoms with Crippen LogP contribution in [-0.4, -0.2) is 61.4 Å². The van der Waals surface area contributed by atoms with Gasteiger partial charge in [0.1, 0.15) is 35.4 Å². The second-order valence-electron chi connectivity index (χ2n) is 23.0. The number of rotatable bonds is 11. The van der Waals surface area contributed by atoms with Gasteiger partial charge in [0.05, 0.1) is 4.08 Å². The Morgan fingerprint density at radius 3 is 1.48 bits per heavy atom. The molecule has 0 unspecified atom stereocenters. The summed E-state index contributed by atoms with van der Waals surface area (Å²) in [6.45, 7) is 34.2. The van der Waals surface area contributed by atoms with Crippen molar-refractivity contribution in [3.05, 3.63) is 124 Å². The topological polar surface area (TPSA) is 110 Å². The number of benzene rings is 5. The highest BCUT2D eigenvalue weighted by Crippen LogP contribution is 2.51. The molecule has 370 valence electrons. The fourth-order valence-electron chi connectivity index (χ4n) is 8.66. The highest BCUT2D eigenvalue weighted by Gasteiger charge is 2.32. The smallest absolute Gasteiger partial charge is 0.195 e. The maximum Gasteiger partial charge on any atom is 0.195 e. The zero-order chi connectivity index (χ0) is 50.9. The SMILES string of the molecule is CC(C)(Sc1cc(C(C)(C)C)c(O)c(C(C)(C)C)c1)Sc1cc(C(C)(C)C)c(O)c(C(C)(C)C)c1.O=C(c1ccc(OCCN2CCCCC2)cc1)c1c(-c2ccc(O)cc2)sc2cc(O)ccc12. The third-order valence-corrected chi connectivity index (χ3v) is 16.0. The third-order valence-electron chi connectivity index (χ3n) is 12.4. The molecular formula is C59H75NO6S3. The van der Waals surface area contributed by atoms with Crippen LogP contribution < -0.4 is 4.74 Å². The minimum atomic E-state index is -0.164. The number of ether oxygens (including phenoxy) is 1. The lowest BCUT2D eigenvalue weighted by Crippen LogP contribution is -2.33. The van der Waals surface area contributed by atoms with Gasteiger partial charge in [-0.1, -0.05) is 89.5 Å². The van der Waals surface area contributed by atoms with Crippen molar-refractivity contribution >= 4 is 50.7 Å². The van der Waals surface area contributed by atoms with Crippen LogP contribution in [0.1, 0.15) is 154 Å². The Morgan fingerprint density at radius 1 is 0.580 bits per heavy atom. The summed E-state index contributed by atoms with van der Waals surface area (Å²) in [4.78, 5) is 19.2. The molecule has 2 heterocycles. The molecule has 0 aliphatic carbocycles. The number of phenolic OH excluding ortho intramolecular Hbond substituents is 4. The van der Waals surface area contributed by atoms with Crippen molar-refractivity contribution in [2.24, 2.45) is 0 Å². The molecule has 0 bridgehead atoms. The van der Waals surface area contributed by atoms with Gasteiger partial charge in [0.2, 0.25) is 0 Å². The standard InChI is InChI=1S/C31H48O2S2.C28H27NO4S/c1-27(2,3)21-15-19(16-22(25(21)32)28(4,5)6)34-31(13,14)35-20-17-23(29(7,8)9)26(33)24(18-20)30(10,11)12;30-21-8-4-20(5-9-21)28-26(24-13-10-22(31)18-25(24)34-28)27(32)19-6-11-23(12-7-19)33-17-16-29-14-2-1-3-15-29/h15-18,32-33H,1-14H3;4-13,18,30-31H,1-3,14-17H2. The van der Waals surface area contributed by atoms with Crippen molar-refractivity contribution < 1.29 is 30.0 Å². The van der Waals surface area contributed by atoms with Gasteiger partial charge in [-0.05, 0) is 158 Å². The number of ketones is 1. The van der Waals surface area contributed by atoms with E-state index < -0.39 is 0 Å². The summed E-state index contributed by atoms with van der Waals surface area (Å²) in [5.41, 5.74) is 5.36. The average Bonchev–Trinajstić information content (AvgIpc) is 3.62. The number of likely N-dealkylation sites (tertiary alicyclic amines) is 1. The molecular weight excluding hydrogens is 915 g/mol. The van der Waals surface area contributed by atoms with Crippen LogP contribution in [0.3, 0.4) is 0 Å². The van der Waals surface area contributed by atoms with Gasteiger partial charge in [-0.3, -0.25) is 9.69 Å². The number of thiophene rings is 1. The van der Waals surface area contributed by atoms with Gasteiger partial charge >= 0.3 is 0 Å². The number of carbonyl (C=O) groups is 1. The Bertz CT molecular complexity index is 2580. The quantitative estimate of drug-likeness (QED) is 0.0573. The summed E-state index contributed by atoms with van der Waals surface area (Å²) in [5.74, 6) is 1.85. The third kappa shape index (κ3) is 13.6. The van der Waals surface area contributed by atoms with Gasteiger partial charge in [-0.2, -0.15) is 0 Å². The molecule has 4 N–H and O–H groups in total. The zero-order valence-electron chi connectivity index (χ0n) is 43.4. The minimum Gasteiger partial charge on any atom is -0.508 e.